The molecule has 0 aliphatic heterocycles. The number of nitrogens with zero attached hydrogens (tertiary/aromatic N) is 2. The normalized spacial score (nSPS) is 11.0. The van der Waals surface area contributed by atoms with E-state index in [4.69, 9.17) is 0 Å². The molecular formula is C19H15FN2O. The van der Waals surface area contributed by atoms with Crippen molar-refractivity contribution in [2.45, 2.75) is 6.54 Å². The molecule has 0 aliphatic carbocycles. The van der Waals surface area contributed by atoms with Gasteiger partial charge in [0, 0.05) is 11.6 Å². The molecule has 0 amide bonds. The minimum atomic E-state index is -0.356. The minimum Gasteiger partial charge on any atom is -0.268 e. The summed E-state index contributed by atoms with van der Waals surface area (Å²) in [7, 11) is 0. The van der Waals surface area contributed by atoms with Crippen LogP contribution in [0.15, 0.2) is 77.6 Å². The maximum atomic E-state index is 13.8. The first-order valence-electron chi connectivity index (χ1n) is 7.29. The molecule has 1 aromatic heterocycles. The van der Waals surface area contributed by atoms with Crippen molar-refractivity contribution in [3.8, 4) is 11.3 Å². The molecule has 0 unspecified atom stereocenters. The van der Waals surface area contributed by atoms with Gasteiger partial charge in [-0.3, -0.25) is 4.79 Å². The molecule has 23 heavy (non-hydrogen) atoms. The maximum absolute atomic E-state index is 13.8. The highest BCUT2D eigenvalue weighted by molar-refractivity contribution is 5.58. The van der Waals surface area contributed by atoms with Gasteiger partial charge in [0.2, 0.25) is 0 Å². The third-order valence-corrected chi connectivity index (χ3v) is 3.40. The molecule has 3 nitrogen and oxygen atoms in total. The van der Waals surface area contributed by atoms with Crippen molar-refractivity contribution in [1.82, 2.24) is 9.78 Å². The highest BCUT2D eigenvalue weighted by Gasteiger charge is 2.07. The fourth-order valence-electron chi connectivity index (χ4n) is 2.25. The first-order valence-corrected chi connectivity index (χ1v) is 7.29. The smallest absolute Gasteiger partial charge is 0.267 e. The van der Waals surface area contributed by atoms with E-state index >= 15 is 0 Å². The van der Waals surface area contributed by atoms with Crippen LogP contribution in [0.5, 0.6) is 0 Å². The Labute approximate surface area is 133 Å². The third-order valence-electron chi connectivity index (χ3n) is 3.40. The van der Waals surface area contributed by atoms with Crippen LogP contribution >= 0.6 is 0 Å². The van der Waals surface area contributed by atoms with Gasteiger partial charge in [-0.25, -0.2) is 9.07 Å². The molecule has 3 aromatic rings. The van der Waals surface area contributed by atoms with Gasteiger partial charge >= 0.3 is 0 Å². The predicted octanol–water partition coefficient (Wildman–Crippen LogP) is 3.76. The van der Waals surface area contributed by atoms with E-state index in [9.17, 15) is 9.18 Å². The fraction of sp³-hybridized carbons (Fsp3) is 0.0526. The van der Waals surface area contributed by atoms with Crippen molar-refractivity contribution in [2.75, 3.05) is 0 Å². The maximum Gasteiger partial charge on any atom is 0.267 e. The summed E-state index contributed by atoms with van der Waals surface area (Å²) >= 11 is 0. The quantitative estimate of drug-likeness (QED) is 0.735. The van der Waals surface area contributed by atoms with Crippen LogP contribution in [0.25, 0.3) is 17.3 Å². The van der Waals surface area contributed by atoms with Gasteiger partial charge in [0.05, 0.1) is 12.2 Å². The van der Waals surface area contributed by atoms with E-state index in [1.807, 2.05) is 42.5 Å². The van der Waals surface area contributed by atoms with Crippen molar-refractivity contribution >= 4 is 6.08 Å². The van der Waals surface area contributed by atoms with Crippen LogP contribution in [-0.4, -0.2) is 9.78 Å². The van der Waals surface area contributed by atoms with E-state index in [0.717, 1.165) is 5.56 Å². The zero-order valence-electron chi connectivity index (χ0n) is 12.4. The van der Waals surface area contributed by atoms with Crippen LogP contribution < -0.4 is 5.56 Å². The molecule has 0 saturated carbocycles. The van der Waals surface area contributed by atoms with Gasteiger partial charge in [-0.1, -0.05) is 54.6 Å². The lowest BCUT2D eigenvalue weighted by Gasteiger charge is -2.06. The monoisotopic (exact) mass is 306 g/mol. The highest BCUT2D eigenvalue weighted by Crippen LogP contribution is 2.18. The van der Waals surface area contributed by atoms with E-state index in [1.54, 1.807) is 18.2 Å². The van der Waals surface area contributed by atoms with Gasteiger partial charge in [0.1, 0.15) is 5.82 Å². The van der Waals surface area contributed by atoms with Gasteiger partial charge in [-0.15, -0.1) is 0 Å². The van der Waals surface area contributed by atoms with E-state index in [1.165, 1.54) is 22.9 Å². The van der Waals surface area contributed by atoms with Gasteiger partial charge < -0.3 is 0 Å². The Morgan fingerprint density at radius 2 is 1.70 bits per heavy atom. The number of hydrogen-bond donors (Lipinski definition) is 0. The Bertz CT molecular complexity index is 885. The van der Waals surface area contributed by atoms with E-state index in [-0.39, 0.29) is 11.4 Å². The number of benzene rings is 2. The number of allylic oxidation sites excluding steroid dienone is 1. The molecule has 0 radical (unpaired) electrons. The van der Waals surface area contributed by atoms with Gasteiger partial charge in [-0.2, -0.15) is 5.10 Å². The van der Waals surface area contributed by atoms with E-state index in [0.29, 0.717) is 17.8 Å². The van der Waals surface area contributed by atoms with Crippen LogP contribution in [0, 0.1) is 5.82 Å². The zero-order chi connectivity index (χ0) is 16.1. The average molecular weight is 306 g/mol. The summed E-state index contributed by atoms with van der Waals surface area (Å²) < 4.78 is 15.2. The summed E-state index contributed by atoms with van der Waals surface area (Å²) in [6.07, 6.45) is 3.78. The van der Waals surface area contributed by atoms with Crippen molar-refractivity contribution < 1.29 is 4.39 Å². The summed E-state index contributed by atoms with van der Waals surface area (Å²) in [4.78, 5) is 11.9. The summed E-state index contributed by atoms with van der Waals surface area (Å²) in [5.74, 6) is -0.356. The second kappa shape index (κ2) is 6.83. The predicted molar refractivity (Wildman–Crippen MR) is 89.4 cm³/mol. The van der Waals surface area contributed by atoms with Crippen molar-refractivity contribution in [3.63, 3.8) is 0 Å². The largest absolute Gasteiger partial charge is 0.268 e. The molecule has 0 N–H and O–H groups in total. The molecule has 0 bridgehead atoms. The molecule has 2 aromatic carbocycles. The molecule has 3 rings (SSSR count). The summed E-state index contributed by atoms with van der Waals surface area (Å²) in [5, 5.41) is 4.25. The molecule has 1 heterocycles. The molecule has 0 aliphatic rings. The van der Waals surface area contributed by atoms with Crippen molar-refractivity contribution in [2.24, 2.45) is 0 Å². The fourth-order valence-corrected chi connectivity index (χ4v) is 2.25. The second-order valence-corrected chi connectivity index (χ2v) is 5.03. The molecule has 0 saturated heterocycles. The Balaban J connectivity index is 1.86. The minimum absolute atomic E-state index is 0.220. The van der Waals surface area contributed by atoms with Crippen molar-refractivity contribution in [3.05, 3.63) is 94.5 Å². The van der Waals surface area contributed by atoms with E-state index in [2.05, 4.69) is 5.10 Å². The lowest BCUT2D eigenvalue weighted by Crippen LogP contribution is -2.21. The number of rotatable bonds is 4. The van der Waals surface area contributed by atoms with E-state index < -0.39 is 0 Å². The topological polar surface area (TPSA) is 34.9 Å². The molecule has 0 spiro atoms. The van der Waals surface area contributed by atoms with Crippen LogP contribution in [0.2, 0.25) is 0 Å². The summed E-state index contributed by atoms with van der Waals surface area (Å²) in [5.41, 5.74) is 1.65. The standard InChI is InChI=1S/C19H15FN2O/c20-17-11-5-4-10-16(17)18-12-13-19(23)22(21-18)14-6-9-15-7-2-1-3-8-15/h1-13H,14H2. The first kappa shape index (κ1) is 14.9. The first-order chi connectivity index (χ1) is 11.2. The molecule has 0 fully saturated rings. The zero-order valence-corrected chi connectivity index (χ0v) is 12.4. The Morgan fingerprint density at radius 1 is 0.957 bits per heavy atom. The molecular weight excluding hydrogens is 291 g/mol. The number of aromatic nitrogens is 2. The lowest BCUT2D eigenvalue weighted by molar-refractivity contribution is 0.623. The van der Waals surface area contributed by atoms with Gasteiger partial charge in [-0.05, 0) is 23.8 Å². The Morgan fingerprint density at radius 3 is 2.48 bits per heavy atom. The van der Waals surface area contributed by atoms with Crippen LogP contribution in [0.4, 0.5) is 4.39 Å². The molecule has 4 heteroatoms. The summed E-state index contributed by atoms with van der Waals surface area (Å²) in [6.45, 7) is 0.329. The van der Waals surface area contributed by atoms with Crippen LogP contribution in [-0.2, 0) is 6.54 Å². The number of halogens is 1. The summed E-state index contributed by atoms with van der Waals surface area (Å²) in [6, 6.07) is 19.1. The van der Waals surface area contributed by atoms with Gasteiger partial charge in [0.15, 0.2) is 0 Å². The third kappa shape index (κ3) is 3.61. The SMILES string of the molecule is O=c1ccc(-c2ccccc2F)nn1CC=Cc1ccccc1. The highest BCUT2D eigenvalue weighted by atomic mass is 19.1. The van der Waals surface area contributed by atoms with Crippen LogP contribution in [0.1, 0.15) is 5.56 Å². The Kier molecular flexibility index (Phi) is 4.43. The number of hydrogen-bond acceptors (Lipinski definition) is 2. The average Bonchev–Trinajstić information content (AvgIpc) is 2.58. The molecule has 114 valence electrons. The van der Waals surface area contributed by atoms with Gasteiger partial charge in [0.25, 0.3) is 5.56 Å². The second-order valence-electron chi connectivity index (χ2n) is 5.03. The van der Waals surface area contributed by atoms with Crippen LogP contribution in [0.3, 0.4) is 0 Å². The molecule has 0 atom stereocenters. The lowest BCUT2D eigenvalue weighted by atomic mass is 10.1. The van der Waals surface area contributed by atoms with Crippen molar-refractivity contribution in [1.29, 1.82) is 0 Å². The Hall–Kier alpha value is -3.01.